The average Bonchev–Trinajstić information content (AvgIpc) is 2.54. The summed E-state index contributed by atoms with van der Waals surface area (Å²) < 4.78 is 11.0. The molecule has 0 atom stereocenters. The number of halogens is 1. The molecule has 2 heterocycles. The second kappa shape index (κ2) is 6.66. The molecule has 1 aromatic carbocycles. The summed E-state index contributed by atoms with van der Waals surface area (Å²) in [6, 6.07) is 9.11. The Morgan fingerprint density at radius 2 is 2.14 bits per heavy atom. The standard InChI is InChI=1S/C16H15ClN2O3/c17-13-7-11(8-14-16(13)22-6-5-21-14)9-15(20)19-10-12-3-1-2-4-18-12/h1-4,7-8H,5-6,9-10H2,(H,19,20). The topological polar surface area (TPSA) is 60.5 Å². The Balaban J connectivity index is 1.63. The van der Waals surface area contributed by atoms with Crippen LogP contribution in [0.15, 0.2) is 36.5 Å². The number of aromatic nitrogens is 1. The molecule has 0 saturated heterocycles. The van der Waals surface area contributed by atoms with Crippen molar-refractivity contribution in [3.8, 4) is 11.5 Å². The molecule has 3 rings (SSSR count). The molecule has 2 aromatic rings. The average molecular weight is 319 g/mol. The number of nitrogens with zero attached hydrogens (tertiary/aromatic N) is 1. The van der Waals surface area contributed by atoms with E-state index in [0.717, 1.165) is 11.3 Å². The van der Waals surface area contributed by atoms with Gasteiger partial charge in [-0.3, -0.25) is 9.78 Å². The van der Waals surface area contributed by atoms with Gasteiger partial charge in [0.1, 0.15) is 13.2 Å². The quantitative estimate of drug-likeness (QED) is 0.940. The number of fused-ring (bicyclic) bond motifs is 1. The Labute approximate surface area is 133 Å². The SMILES string of the molecule is O=C(Cc1cc(Cl)c2c(c1)OCCO2)NCc1ccccn1. The van der Waals surface area contributed by atoms with Crippen LogP contribution in [-0.2, 0) is 17.8 Å². The third kappa shape index (κ3) is 3.49. The van der Waals surface area contributed by atoms with Crippen molar-refractivity contribution in [2.24, 2.45) is 0 Å². The van der Waals surface area contributed by atoms with Gasteiger partial charge in [0.05, 0.1) is 23.7 Å². The lowest BCUT2D eigenvalue weighted by molar-refractivity contribution is -0.120. The maximum Gasteiger partial charge on any atom is 0.224 e. The molecule has 1 aromatic heterocycles. The van der Waals surface area contributed by atoms with E-state index in [2.05, 4.69) is 10.3 Å². The van der Waals surface area contributed by atoms with Crippen molar-refractivity contribution in [1.82, 2.24) is 10.3 Å². The highest BCUT2D eigenvalue weighted by atomic mass is 35.5. The van der Waals surface area contributed by atoms with Crippen LogP contribution in [0.2, 0.25) is 5.02 Å². The van der Waals surface area contributed by atoms with E-state index in [9.17, 15) is 4.79 Å². The Hall–Kier alpha value is -2.27. The van der Waals surface area contributed by atoms with Crippen molar-refractivity contribution in [3.05, 3.63) is 52.8 Å². The summed E-state index contributed by atoms with van der Waals surface area (Å²) in [5, 5.41) is 3.29. The van der Waals surface area contributed by atoms with E-state index >= 15 is 0 Å². The number of rotatable bonds is 4. The molecule has 0 aliphatic carbocycles. The lowest BCUT2D eigenvalue weighted by atomic mass is 10.1. The zero-order chi connectivity index (χ0) is 15.4. The van der Waals surface area contributed by atoms with Crippen LogP contribution < -0.4 is 14.8 Å². The zero-order valence-electron chi connectivity index (χ0n) is 11.8. The van der Waals surface area contributed by atoms with Crippen LogP contribution in [0.4, 0.5) is 0 Å². The van der Waals surface area contributed by atoms with Gasteiger partial charge in [-0.1, -0.05) is 17.7 Å². The van der Waals surface area contributed by atoms with Crippen LogP contribution in [-0.4, -0.2) is 24.1 Å². The molecule has 1 amide bonds. The molecule has 1 aliphatic heterocycles. The highest BCUT2D eigenvalue weighted by Gasteiger charge is 2.17. The molecule has 5 nitrogen and oxygen atoms in total. The molecule has 1 N–H and O–H groups in total. The third-order valence-corrected chi connectivity index (χ3v) is 3.49. The van der Waals surface area contributed by atoms with Gasteiger partial charge in [-0.05, 0) is 29.8 Å². The molecule has 22 heavy (non-hydrogen) atoms. The smallest absolute Gasteiger partial charge is 0.224 e. The van der Waals surface area contributed by atoms with Crippen molar-refractivity contribution < 1.29 is 14.3 Å². The fraction of sp³-hybridized carbons (Fsp3) is 0.250. The first-order valence-electron chi connectivity index (χ1n) is 6.97. The molecule has 0 unspecified atom stereocenters. The van der Waals surface area contributed by atoms with E-state index < -0.39 is 0 Å². The van der Waals surface area contributed by atoms with Crippen molar-refractivity contribution in [2.75, 3.05) is 13.2 Å². The van der Waals surface area contributed by atoms with Crippen molar-refractivity contribution in [1.29, 1.82) is 0 Å². The number of benzene rings is 1. The molecule has 0 spiro atoms. The summed E-state index contributed by atoms with van der Waals surface area (Å²) in [7, 11) is 0. The van der Waals surface area contributed by atoms with E-state index in [1.807, 2.05) is 18.2 Å². The van der Waals surface area contributed by atoms with Crippen molar-refractivity contribution in [2.45, 2.75) is 13.0 Å². The summed E-state index contributed by atoms with van der Waals surface area (Å²) in [4.78, 5) is 16.2. The van der Waals surface area contributed by atoms with Gasteiger partial charge in [-0.25, -0.2) is 0 Å². The number of amides is 1. The summed E-state index contributed by atoms with van der Waals surface area (Å²) in [5.74, 6) is 1.04. The van der Waals surface area contributed by atoms with Crippen LogP contribution in [0.5, 0.6) is 11.5 Å². The summed E-state index contributed by atoms with van der Waals surface area (Å²) in [6.45, 7) is 1.37. The van der Waals surface area contributed by atoms with E-state index in [1.165, 1.54) is 0 Å². The molecule has 0 saturated carbocycles. The van der Waals surface area contributed by atoms with Crippen molar-refractivity contribution in [3.63, 3.8) is 0 Å². The lowest BCUT2D eigenvalue weighted by Crippen LogP contribution is -2.25. The fourth-order valence-electron chi connectivity index (χ4n) is 2.21. The Morgan fingerprint density at radius 3 is 2.95 bits per heavy atom. The van der Waals surface area contributed by atoms with Gasteiger partial charge in [0.2, 0.25) is 5.91 Å². The second-order valence-electron chi connectivity index (χ2n) is 4.88. The van der Waals surface area contributed by atoms with E-state index in [1.54, 1.807) is 18.3 Å². The van der Waals surface area contributed by atoms with Gasteiger partial charge < -0.3 is 14.8 Å². The first-order chi connectivity index (χ1) is 10.7. The van der Waals surface area contributed by atoms with Gasteiger partial charge >= 0.3 is 0 Å². The first kappa shape index (κ1) is 14.7. The van der Waals surface area contributed by atoms with Gasteiger partial charge in [0.25, 0.3) is 0 Å². The third-order valence-electron chi connectivity index (χ3n) is 3.21. The molecule has 1 aliphatic rings. The van der Waals surface area contributed by atoms with Gasteiger partial charge in [-0.15, -0.1) is 0 Å². The molecular weight excluding hydrogens is 304 g/mol. The van der Waals surface area contributed by atoms with Crippen LogP contribution in [0.25, 0.3) is 0 Å². The highest BCUT2D eigenvalue weighted by Crippen LogP contribution is 2.38. The minimum atomic E-state index is -0.0987. The lowest BCUT2D eigenvalue weighted by Gasteiger charge is -2.20. The van der Waals surface area contributed by atoms with Gasteiger partial charge in [0, 0.05) is 6.20 Å². The number of carbonyl (C=O) groups is 1. The van der Waals surface area contributed by atoms with Crippen molar-refractivity contribution >= 4 is 17.5 Å². The minimum Gasteiger partial charge on any atom is -0.486 e. The van der Waals surface area contributed by atoms with Crippen LogP contribution >= 0.6 is 11.6 Å². The maximum absolute atomic E-state index is 12.0. The largest absolute Gasteiger partial charge is 0.486 e. The number of pyridine rings is 1. The molecule has 6 heteroatoms. The summed E-state index contributed by atoms with van der Waals surface area (Å²) in [6.07, 6.45) is 1.92. The van der Waals surface area contributed by atoms with E-state index in [0.29, 0.717) is 36.3 Å². The molecular formula is C16H15ClN2O3. The van der Waals surface area contributed by atoms with E-state index in [4.69, 9.17) is 21.1 Å². The Kier molecular flexibility index (Phi) is 4.44. The number of hydrogen-bond acceptors (Lipinski definition) is 4. The number of carbonyl (C=O) groups excluding carboxylic acids is 1. The predicted octanol–water partition coefficient (Wildman–Crippen LogP) is 2.37. The Bertz CT molecular complexity index is 677. The number of ether oxygens (including phenoxy) is 2. The summed E-state index contributed by atoms with van der Waals surface area (Å²) in [5.41, 5.74) is 1.60. The molecule has 0 radical (unpaired) electrons. The summed E-state index contributed by atoms with van der Waals surface area (Å²) >= 11 is 6.16. The van der Waals surface area contributed by atoms with Crippen LogP contribution in [0, 0.1) is 0 Å². The fourth-order valence-corrected chi connectivity index (χ4v) is 2.49. The van der Waals surface area contributed by atoms with Crippen LogP contribution in [0.3, 0.4) is 0 Å². The number of hydrogen-bond donors (Lipinski definition) is 1. The predicted molar refractivity (Wildman–Crippen MR) is 82.2 cm³/mol. The molecule has 0 bridgehead atoms. The number of nitrogens with one attached hydrogen (secondary N) is 1. The normalized spacial score (nSPS) is 12.8. The highest BCUT2D eigenvalue weighted by molar-refractivity contribution is 6.32. The van der Waals surface area contributed by atoms with Gasteiger partial charge in [-0.2, -0.15) is 0 Å². The first-order valence-corrected chi connectivity index (χ1v) is 7.35. The second-order valence-corrected chi connectivity index (χ2v) is 5.28. The van der Waals surface area contributed by atoms with Gasteiger partial charge in [0.15, 0.2) is 11.5 Å². The molecule has 0 fully saturated rings. The van der Waals surface area contributed by atoms with Crippen LogP contribution in [0.1, 0.15) is 11.3 Å². The zero-order valence-corrected chi connectivity index (χ0v) is 12.6. The maximum atomic E-state index is 12.0. The Morgan fingerprint density at radius 1 is 1.27 bits per heavy atom. The van der Waals surface area contributed by atoms with E-state index in [-0.39, 0.29) is 12.3 Å². The monoisotopic (exact) mass is 318 g/mol. The minimum absolute atomic E-state index is 0.0987. The molecule has 114 valence electrons.